The Balaban J connectivity index is 1.66. The van der Waals surface area contributed by atoms with Gasteiger partial charge >= 0.3 is 5.97 Å². The quantitative estimate of drug-likeness (QED) is 0.794. The largest absolute Gasteiger partial charge is 0.461 e. The third-order valence-corrected chi connectivity index (χ3v) is 3.31. The number of nitriles is 1. The highest BCUT2D eigenvalue weighted by atomic mass is 16.5. The van der Waals surface area contributed by atoms with Crippen LogP contribution in [-0.4, -0.2) is 18.4 Å². The Hall–Kier alpha value is -3.13. The zero-order valence-electron chi connectivity index (χ0n) is 13.2. The van der Waals surface area contributed by atoms with E-state index in [-0.39, 0.29) is 31.9 Å². The topological polar surface area (TPSA) is 79.2 Å². The highest BCUT2D eigenvalue weighted by Crippen LogP contribution is 2.06. The van der Waals surface area contributed by atoms with E-state index >= 15 is 0 Å². The van der Waals surface area contributed by atoms with Crippen LogP contribution in [0.1, 0.15) is 23.1 Å². The van der Waals surface area contributed by atoms with Gasteiger partial charge in [-0.15, -0.1) is 0 Å². The Bertz CT molecular complexity index is 736. The van der Waals surface area contributed by atoms with Crippen LogP contribution >= 0.6 is 0 Å². The number of hydrogen-bond acceptors (Lipinski definition) is 4. The van der Waals surface area contributed by atoms with Crippen molar-refractivity contribution in [1.29, 1.82) is 5.26 Å². The molecular weight excluding hydrogens is 304 g/mol. The average Bonchev–Trinajstić information content (AvgIpc) is 2.61. The molecule has 0 aliphatic carbocycles. The van der Waals surface area contributed by atoms with Crippen molar-refractivity contribution in [2.75, 3.05) is 6.54 Å². The average molecular weight is 322 g/mol. The Morgan fingerprint density at radius 3 is 2.54 bits per heavy atom. The first kappa shape index (κ1) is 17.2. The lowest BCUT2D eigenvalue weighted by molar-refractivity contribution is -0.144. The molecule has 0 radical (unpaired) electrons. The fraction of sp³-hybridized carbons (Fsp3) is 0.211. The molecule has 24 heavy (non-hydrogen) atoms. The van der Waals surface area contributed by atoms with Crippen molar-refractivity contribution in [2.45, 2.75) is 19.4 Å². The monoisotopic (exact) mass is 322 g/mol. The van der Waals surface area contributed by atoms with Crippen molar-refractivity contribution in [3.05, 3.63) is 71.3 Å². The Morgan fingerprint density at radius 1 is 1.04 bits per heavy atom. The standard InChI is InChI=1S/C19H18N2O3/c20-13-16-7-4-8-17(11-16)14-24-19(23)9-10-21-18(22)12-15-5-2-1-3-6-15/h1-8,11H,9-10,12,14H2,(H,21,22). The van der Waals surface area contributed by atoms with Gasteiger partial charge < -0.3 is 10.1 Å². The highest BCUT2D eigenvalue weighted by Gasteiger charge is 2.07. The summed E-state index contributed by atoms with van der Waals surface area (Å²) in [6.45, 7) is 0.356. The molecule has 2 aromatic rings. The van der Waals surface area contributed by atoms with E-state index in [0.29, 0.717) is 5.56 Å². The first-order chi connectivity index (χ1) is 11.7. The molecule has 0 bridgehead atoms. The predicted molar refractivity (Wildman–Crippen MR) is 88.7 cm³/mol. The lowest BCUT2D eigenvalue weighted by atomic mass is 10.1. The van der Waals surface area contributed by atoms with E-state index < -0.39 is 5.97 Å². The summed E-state index contributed by atoms with van der Waals surface area (Å²) < 4.78 is 5.13. The first-order valence-electron chi connectivity index (χ1n) is 7.62. The molecule has 2 rings (SSSR count). The molecular formula is C19H18N2O3. The van der Waals surface area contributed by atoms with Gasteiger partial charge in [0.25, 0.3) is 0 Å². The van der Waals surface area contributed by atoms with Crippen molar-refractivity contribution >= 4 is 11.9 Å². The van der Waals surface area contributed by atoms with Gasteiger partial charge in [-0.25, -0.2) is 0 Å². The normalized spacial score (nSPS) is 9.79. The van der Waals surface area contributed by atoms with Crippen molar-refractivity contribution in [3.8, 4) is 6.07 Å². The van der Waals surface area contributed by atoms with E-state index in [0.717, 1.165) is 11.1 Å². The molecule has 0 saturated carbocycles. The number of nitrogens with zero attached hydrogens (tertiary/aromatic N) is 1. The molecule has 0 spiro atoms. The summed E-state index contributed by atoms with van der Waals surface area (Å²) >= 11 is 0. The van der Waals surface area contributed by atoms with Crippen LogP contribution in [0.15, 0.2) is 54.6 Å². The van der Waals surface area contributed by atoms with Crippen molar-refractivity contribution < 1.29 is 14.3 Å². The molecule has 0 aliphatic rings. The number of carbonyl (C=O) groups excluding carboxylic acids is 2. The second-order valence-corrected chi connectivity index (χ2v) is 5.24. The summed E-state index contributed by atoms with van der Waals surface area (Å²) in [7, 11) is 0. The number of carbonyl (C=O) groups is 2. The Labute approximate surface area is 140 Å². The van der Waals surface area contributed by atoms with E-state index in [1.54, 1.807) is 24.3 Å². The highest BCUT2D eigenvalue weighted by molar-refractivity contribution is 5.79. The summed E-state index contributed by atoms with van der Waals surface area (Å²) in [4.78, 5) is 23.4. The van der Waals surface area contributed by atoms with Gasteiger partial charge in [-0.05, 0) is 23.3 Å². The second-order valence-electron chi connectivity index (χ2n) is 5.24. The Kier molecular flexibility index (Phi) is 6.54. The van der Waals surface area contributed by atoms with Crippen LogP contribution in [0.5, 0.6) is 0 Å². The summed E-state index contributed by atoms with van der Waals surface area (Å²) in [6, 6.07) is 18.3. The maximum absolute atomic E-state index is 11.7. The molecule has 122 valence electrons. The number of rotatable bonds is 7. The molecule has 0 aromatic heterocycles. The van der Waals surface area contributed by atoms with E-state index in [9.17, 15) is 9.59 Å². The summed E-state index contributed by atoms with van der Waals surface area (Å²) in [5.74, 6) is -0.520. The van der Waals surface area contributed by atoms with Crippen molar-refractivity contribution in [2.24, 2.45) is 0 Å². The van der Waals surface area contributed by atoms with Gasteiger partial charge in [0.2, 0.25) is 5.91 Å². The van der Waals surface area contributed by atoms with Crippen LogP contribution in [0.3, 0.4) is 0 Å². The maximum atomic E-state index is 11.7. The molecule has 0 heterocycles. The van der Waals surface area contributed by atoms with Crippen LogP contribution in [0.4, 0.5) is 0 Å². The molecule has 0 aliphatic heterocycles. The third kappa shape index (κ3) is 5.93. The lowest BCUT2D eigenvalue weighted by Crippen LogP contribution is -2.27. The number of amides is 1. The molecule has 0 unspecified atom stereocenters. The van der Waals surface area contributed by atoms with Crippen molar-refractivity contribution in [3.63, 3.8) is 0 Å². The Morgan fingerprint density at radius 2 is 1.79 bits per heavy atom. The summed E-state index contributed by atoms with van der Waals surface area (Å²) in [5.41, 5.74) is 2.21. The molecule has 5 heteroatoms. The first-order valence-corrected chi connectivity index (χ1v) is 7.62. The van der Waals surface area contributed by atoms with Gasteiger partial charge in [-0.3, -0.25) is 9.59 Å². The lowest BCUT2D eigenvalue weighted by Gasteiger charge is -2.07. The number of benzene rings is 2. The minimum Gasteiger partial charge on any atom is -0.461 e. The number of hydrogen-bond donors (Lipinski definition) is 1. The molecule has 0 atom stereocenters. The van der Waals surface area contributed by atoms with Crippen LogP contribution in [0, 0.1) is 11.3 Å². The maximum Gasteiger partial charge on any atom is 0.307 e. The van der Waals surface area contributed by atoms with Gasteiger partial charge in [0, 0.05) is 6.54 Å². The second kappa shape index (κ2) is 9.11. The third-order valence-electron chi connectivity index (χ3n) is 3.31. The van der Waals surface area contributed by atoms with E-state index in [1.165, 1.54) is 0 Å². The van der Waals surface area contributed by atoms with E-state index in [1.807, 2.05) is 36.4 Å². The zero-order chi connectivity index (χ0) is 17.2. The van der Waals surface area contributed by atoms with Gasteiger partial charge in [0.15, 0.2) is 0 Å². The molecule has 1 N–H and O–H groups in total. The van der Waals surface area contributed by atoms with Crippen LogP contribution < -0.4 is 5.32 Å². The minimum atomic E-state index is -0.391. The van der Waals surface area contributed by atoms with Gasteiger partial charge in [0.05, 0.1) is 24.5 Å². The molecule has 1 amide bonds. The van der Waals surface area contributed by atoms with Crippen LogP contribution in [0.2, 0.25) is 0 Å². The molecule has 2 aromatic carbocycles. The van der Waals surface area contributed by atoms with Gasteiger partial charge in [0.1, 0.15) is 6.61 Å². The van der Waals surface area contributed by atoms with E-state index in [4.69, 9.17) is 10.00 Å². The smallest absolute Gasteiger partial charge is 0.307 e. The summed E-state index contributed by atoms with van der Waals surface area (Å²) in [6.07, 6.45) is 0.398. The van der Waals surface area contributed by atoms with E-state index in [2.05, 4.69) is 5.32 Å². The minimum absolute atomic E-state index is 0.110. The SMILES string of the molecule is N#Cc1cccc(COC(=O)CCNC(=O)Cc2ccccc2)c1. The number of esters is 1. The molecule has 5 nitrogen and oxygen atoms in total. The van der Waals surface area contributed by atoms with Crippen LogP contribution in [-0.2, 0) is 27.4 Å². The summed E-state index contributed by atoms with van der Waals surface area (Å²) in [5, 5.41) is 11.5. The molecule has 0 fully saturated rings. The zero-order valence-corrected chi connectivity index (χ0v) is 13.2. The van der Waals surface area contributed by atoms with Crippen LogP contribution in [0.25, 0.3) is 0 Å². The fourth-order valence-electron chi connectivity index (χ4n) is 2.11. The number of nitrogens with one attached hydrogen (secondary N) is 1. The van der Waals surface area contributed by atoms with Crippen molar-refractivity contribution in [1.82, 2.24) is 5.32 Å². The molecule has 0 saturated heterocycles. The van der Waals surface area contributed by atoms with Gasteiger partial charge in [-0.1, -0.05) is 42.5 Å². The predicted octanol–water partition coefficient (Wildman–Crippen LogP) is 2.35. The van der Waals surface area contributed by atoms with Gasteiger partial charge in [-0.2, -0.15) is 5.26 Å². The number of ether oxygens (including phenoxy) is 1. The fourth-order valence-corrected chi connectivity index (χ4v) is 2.11.